The lowest BCUT2D eigenvalue weighted by Gasteiger charge is -2.18. The quantitative estimate of drug-likeness (QED) is 0.0261. The van der Waals surface area contributed by atoms with E-state index in [-0.39, 0.29) is 31.1 Å². The van der Waals surface area contributed by atoms with Gasteiger partial charge in [0.25, 0.3) is 0 Å². The first kappa shape index (κ1) is 73.1. The van der Waals surface area contributed by atoms with Gasteiger partial charge in [-0.15, -0.1) is 0 Å². The molecule has 0 aliphatic rings. The third-order valence-corrected chi connectivity index (χ3v) is 13.7. The van der Waals surface area contributed by atoms with Gasteiger partial charge in [-0.05, 0) is 122 Å². The van der Waals surface area contributed by atoms with Crippen molar-refractivity contribution in [1.82, 2.24) is 0 Å². The maximum atomic E-state index is 12.9. The van der Waals surface area contributed by atoms with Gasteiger partial charge in [-0.1, -0.05) is 271 Å². The highest BCUT2D eigenvalue weighted by atomic mass is 16.6. The monoisotopic (exact) mass is 1070 g/mol. The second-order valence-corrected chi connectivity index (χ2v) is 21.3. The van der Waals surface area contributed by atoms with E-state index in [1.54, 1.807) is 0 Å². The van der Waals surface area contributed by atoms with Crippen molar-refractivity contribution in [3.05, 3.63) is 109 Å². The third kappa shape index (κ3) is 62.8. The molecular formula is C71H120O6. The van der Waals surface area contributed by atoms with Crippen molar-refractivity contribution in [1.29, 1.82) is 0 Å². The van der Waals surface area contributed by atoms with E-state index in [1.807, 2.05) is 0 Å². The molecule has 440 valence electrons. The number of unbranched alkanes of at least 4 members (excludes halogenated alkanes) is 29. The summed E-state index contributed by atoms with van der Waals surface area (Å²) >= 11 is 0. The van der Waals surface area contributed by atoms with Crippen LogP contribution >= 0.6 is 0 Å². The second kappa shape index (κ2) is 64.6. The molecule has 0 aromatic heterocycles. The molecule has 0 N–H and O–H groups in total. The van der Waals surface area contributed by atoms with Crippen molar-refractivity contribution in [3.63, 3.8) is 0 Å². The van der Waals surface area contributed by atoms with E-state index < -0.39 is 6.10 Å². The lowest BCUT2D eigenvalue weighted by Crippen LogP contribution is -2.30. The van der Waals surface area contributed by atoms with Crippen molar-refractivity contribution in [2.45, 2.75) is 309 Å². The van der Waals surface area contributed by atoms with Crippen molar-refractivity contribution >= 4 is 17.9 Å². The highest BCUT2D eigenvalue weighted by molar-refractivity contribution is 5.71. The zero-order valence-electron chi connectivity index (χ0n) is 50.4. The minimum atomic E-state index is -0.800. The normalized spacial score (nSPS) is 12.8. The maximum absolute atomic E-state index is 12.9. The van der Waals surface area contributed by atoms with Crippen molar-refractivity contribution in [2.75, 3.05) is 13.2 Å². The average molecular weight is 1070 g/mol. The predicted octanol–water partition coefficient (Wildman–Crippen LogP) is 22.2. The van der Waals surface area contributed by atoms with E-state index in [0.717, 1.165) is 128 Å². The number of ether oxygens (including phenoxy) is 3. The van der Waals surface area contributed by atoms with Crippen LogP contribution in [0, 0.1) is 0 Å². The highest BCUT2D eigenvalue weighted by Crippen LogP contribution is 2.16. The number of hydrogen-bond acceptors (Lipinski definition) is 6. The van der Waals surface area contributed by atoms with Crippen LogP contribution in [0.1, 0.15) is 303 Å². The van der Waals surface area contributed by atoms with Gasteiger partial charge in [0.05, 0.1) is 0 Å². The zero-order chi connectivity index (χ0) is 55.7. The molecule has 0 aromatic carbocycles. The van der Waals surface area contributed by atoms with Gasteiger partial charge >= 0.3 is 17.9 Å². The molecule has 0 saturated carbocycles. The number of carbonyl (C=O) groups excluding carboxylic acids is 3. The Hall–Kier alpha value is -3.93. The summed E-state index contributed by atoms with van der Waals surface area (Å²) in [5, 5.41) is 0. The van der Waals surface area contributed by atoms with Gasteiger partial charge < -0.3 is 14.2 Å². The molecule has 1 atom stereocenters. The van der Waals surface area contributed by atoms with Crippen LogP contribution in [0.3, 0.4) is 0 Å². The average Bonchev–Trinajstić information content (AvgIpc) is 3.43. The van der Waals surface area contributed by atoms with Crippen LogP contribution in [0.2, 0.25) is 0 Å². The smallest absolute Gasteiger partial charge is 0.306 e. The van der Waals surface area contributed by atoms with Crippen molar-refractivity contribution in [3.8, 4) is 0 Å². The molecule has 0 aromatic rings. The van der Waals surface area contributed by atoms with E-state index in [9.17, 15) is 14.4 Å². The van der Waals surface area contributed by atoms with E-state index in [4.69, 9.17) is 14.2 Å². The van der Waals surface area contributed by atoms with E-state index in [0.29, 0.717) is 19.3 Å². The number of hydrogen-bond donors (Lipinski definition) is 0. The van der Waals surface area contributed by atoms with Crippen LogP contribution < -0.4 is 0 Å². The molecule has 0 saturated heterocycles. The molecule has 1 unspecified atom stereocenters. The number of allylic oxidation sites excluding steroid dienone is 18. The molecule has 6 nitrogen and oxygen atoms in total. The number of esters is 3. The van der Waals surface area contributed by atoms with Gasteiger partial charge in [0.1, 0.15) is 13.2 Å². The SMILES string of the molecule is CC/C=C\C/C=C\C/C=C\C/C=C\CCCCCCCCC(=O)OC(COC(=O)CCCCC/C=C\C/C=C\C/C=C\CC)COC(=O)CCCCCCCCCCCCCCCCC/C=C\C/C=C\CCCCCCC. The van der Waals surface area contributed by atoms with Crippen molar-refractivity contribution in [2.24, 2.45) is 0 Å². The van der Waals surface area contributed by atoms with Crippen LogP contribution in [0.4, 0.5) is 0 Å². The molecule has 0 bridgehead atoms. The van der Waals surface area contributed by atoms with Crippen LogP contribution in [0.15, 0.2) is 109 Å². The van der Waals surface area contributed by atoms with Crippen molar-refractivity contribution < 1.29 is 28.6 Å². The molecule has 0 rings (SSSR count). The van der Waals surface area contributed by atoms with Gasteiger partial charge in [0.15, 0.2) is 6.10 Å². The van der Waals surface area contributed by atoms with Gasteiger partial charge in [-0.2, -0.15) is 0 Å². The topological polar surface area (TPSA) is 78.9 Å². The van der Waals surface area contributed by atoms with E-state index in [1.165, 1.54) is 135 Å². The molecule has 0 heterocycles. The second-order valence-electron chi connectivity index (χ2n) is 21.3. The lowest BCUT2D eigenvalue weighted by molar-refractivity contribution is -0.167. The van der Waals surface area contributed by atoms with Crippen LogP contribution in [0.5, 0.6) is 0 Å². The summed E-state index contributed by atoms with van der Waals surface area (Å²) in [4.78, 5) is 38.3. The standard InChI is InChI=1S/C71H120O6/c1-4-7-10-13-16-19-22-25-27-29-31-32-33-34-35-36-37-38-40-41-43-46-49-52-55-58-61-64-70(73)76-67-68(66-75-69(72)63-60-57-54-51-48-45-24-21-18-15-12-9-6-3)77-71(74)65-62-59-56-53-50-47-44-42-39-30-28-26-23-20-17-14-11-8-5-2/h8-9,11-12,17-18,20-22,25-26,28-29,31,39,42,45,48,68H,4-7,10,13-16,19,23-24,27,30,32-38,40-41,43-44,46-47,49-67H2,1-3H3/b11-8-,12-9-,20-17-,21-18-,25-22-,28-26-,31-29-,42-39-,48-45-. The molecule has 0 radical (unpaired) electrons. The first-order chi connectivity index (χ1) is 38.0. The van der Waals surface area contributed by atoms with E-state index in [2.05, 4.69) is 130 Å². The molecule has 6 heteroatoms. The van der Waals surface area contributed by atoms with Gasteiger partial charge in [-0.25, -0.2) is 0 Å². The Morgan fingerprint density at radius 3 is 0.805 bits per heavy atom. The molecule has 0 spiro atoms. The molecule has 77 heavy (non-hydrogen) atoms. The summed E-state index contributed by atoms with van der Waals surface area (Å²) in [5.74, 6) is -0.932. The Morgan fingerprint density at radius 2 is 0.506 bits per heavy atom. The fourth-order valence-corrected chi connectivity index (χ4v) is 8.95. The molecule has 0 amide bonds. The van der Waals surface area contributed by atoms with Gasteiger partial charge in [0.2, 0.25) is 0 Å². The highest BCUT2D eigenvalue weighted by Gasteiger charge is 2.19. The summed E-state index contributed by atoms with van der Waals surface area (Å²) in [6, 6.07) is 0. The Morgan fingerprint density at radius 1 is 0.273 bits per heavy atom. The van der Waals surface area contributed by atoms with Crippen LogP contribution in [-0.4, -0.2) is 37.2 Å². The molecule has 0 fully saturated rings. The Balaban J connectivity index is 4.31. The summed E-state index contributed by atoms with van der Waals surface area (Å²) < 4.78 is 16.9. The third-order valence-electron chi connectivity index (χ3n) is 13.7. The van der Waals surface area contributed by atoms with Crippen LogP contribution in [0.25, 0.3) is 0 Å². The summed E-state index contributed by atoms with van der Waals surface area (Å²) in [5.41, 5.74) is 0. The molecule has 0 aliphatic carbocycles. The Labute approximate surface area is 476 Å². The number of carbonyl (C=O) groups is 3. The fourth-order valence-electron chi connectivity index (χ4n) is 8.95. The van der Waals surface area contributed by atoms with Crippen LogP contribution in [-0.2, 0) is 28.6 Å². The summed E-state index contributed by atoms with van der Waals surface area (Å²) in [6.45, 7) is 6.39. The summed E-state index contributed by atoms with van der Waals surface area (Å²) in [6.07, 6.45) is 88.2. The Bertz CT molecular complexity index is 1560. The predicted molar refractivity (Wildman–Crippen MR) is 334 cm³/mol. The largest absolute Gasteiger partial charge is 0.462 e. The zero-order valence-corrected chi connectivity index (χ0v) is 50.4. The minimum Gasteiger partial charge on any atom is -0.462 e. The molecular weight excluding hydrogens is 949 g/mol. The first-order valence-corrected chi connectivity index (χ1v) is 32.4. The van der Waals surface area contributed by atoms with Gasteiger partial charge in [0, 0.05) is 19.3 Å². The minimum absolute atomic E-state index is 0.0935. The Kier molecular flexibility index (Phi) is 61.3. The van der Waals surface area contributed by atoms with Gasteiger partial charge in [-0.3, -0.25) is 14.4 Å². The molecule has 0 aliphatic heterocycles. The lowest BCUT2D eigenvalue weighted by atomic mass is 10.0. The first-order valence-electron chi connectivity index (χ1n) is 32.4. The van der Waals surface area contributed by atoms with E-state index >= 15 is 0 Å². The maximum Gasteiger partial charge on any atom is 0.306 e. The number of rotatable bonds is 58. The summed E-state index contributed by atoms with van der Waals surface area (Å²) in [7, 11) is 0. The fraction of sp³-hybridized carbons (Fsp3) is 0.704.